The Morgan fingerprint density at radius 1 is 1.44 bits per heavy atom. The number of nitrogens with one attached hydrogen (secondary N) is 1. The molecule has 0 bridgehead atoms. The number of nitro groups is 1. The van der Waals surface area contributed by atoms with Crippen molar-refractivity contribution in [2.75, 3.05) is 13.2 Å². The Kier molecular flexibility index (Phi) is 6.18. The van der Waals surface area contributed by atoms with Crippen LogP contribution in [0.4, 0.5) is 5.69 Å². The number of nitrogens with zero attached hydrogens (tertiary/aromatic N) is 4. The second-order valence-electron chi connectivity index (χ2n) is 5.74. The molecular formula is C16H21N5O4. The van der Waals surface area contributed by atoms with Crippen LogP contribution in [0.3, 0.4) is 0 Å². The minimum atomic E-state index is -0.484. The highest BCUT2D eigenvalue weighted by Gasteiger charge is 2.18. The number of aromatic nitrogens is 3. The molecular weight excluding hydrogens is 326 g/mol. The molecule has 1 N–H and O–H groups in total. The lowest BCUT2D eigenvalue weighted by atomic mass is 10.2. The maximum Gasteiger partial charge on any atom is 0.273 e. The zero-order chi connectivity index (χ0) is 18.4. The Balaban J connectivity index is 2.04. The van der Waals surface area contributed by atoms with Crippen LogP contribution in [0.1, 0.15) is 36.5 Å². The predicted octanol–water partition coefficient (Wildman–Crippen LogP) is 2.03. The van der Waals surface area contributed by atoms with Crippen molar-refractivity contribution in [3.8, 4) is 5.69 Å². The molecule has 1 aromatic heterocycles. The van der Waals surface area contributed by atoms with Gasteiger partial charge in [-0.15, -0.1) is 5.10 Å². The molecule has 0 saturated carbocycles. The van der Waals surface area contributed by atoms with Gasteiger partial charge in [0, 0.05) is 25.3 Å². The highest BCUT2D eigenvalue weighted by molar-refractivity contribution is 5.93. The molecule has 9 heteroatoms. The Bertz CT molecular complexity index is 757. The Morgan fingerprint density at radius 3 is 2.88 bits per heavy atom. The van der Waals surface area contributed by atoms with Crippen molar-refractivity contribution in [1.82, 2.24) is 20.3 Å². The highest BCUT2D eigenvalue weighted by Crippen LogP contribution is 2.18. The van der Waals surface area contributed by atoms with Crippen molar-refractivity contribution in [1.29, 1.82) is 0 Å². The van der Waals surface area contributed by atoms with Crippen LogP contribution in [0.5, 0.6) is 0 Å². The van der Waals surface area contributed by atoms with Crippen molar-refractivity contribution in [3.05, 3.63) is 45.8 Å². The summed E-state index contributed by atoms with van der Waals surface area (Å²) in [4.78, 5) is 22.6. The molecule has 2 rings (SSSR count). The van der Waals surface area contributed by atoms with Crippen LogP contribution in [0.15, 0.2) is 24.3 Å². The molecule has 9 nitrogen and oxygen atoms in total. The van der Waals surface area contributed by atoms with Crippen LogP contribution in [-0.2, 0) is 4.74 Å². The first-order valence-corrected chi connectivity index (χ1v) is 7.97. The van der Waals surface area contributed by atoms with Crippen LogP contribution < -0.4 is 5.32 Å². The number of carbonyl (C=O) groups is 1. The molecule has 0 unspecified atom stereocenters. The van der Waals surface area contributed by atoms with E-state index < -0.39 is 4.92 Å². The van der Waals surface area contributed by atoms with Gasteiger partial charge in [-0.05, 0) is 33.3 Å². The lowest BCUT2D eigenvalue weighted by molar-refractivity contribution is -0.384. The van der Waals surface area contributed by atoms with Gasteiger partial charge in [0.15, 0.2) is 5.69 Å². The molecule has 2 aromatic rings. The monoisotopic (exact) mass is 347 g/mol. The first-order valence-electron chi connectivity index (χ1n) is 7.97. The van der Waals surface area contributed by atoms with Crippen molar-refractivity contribution >= 4 is 11.6 Å². The van der Waals surface area contributed by atoms with E-state index in [0.717, 1.165) is 0 Å². The number of hydrogen-bond donors (Lipinski definition) is 1. The molecule has 1 heterocycles. The SMILES string of the molecule is Cc1c(C(=O)NCCCOC(C)C)nnn1-c1cccc([N+](=O)[O-])c1. The van der Waals surface area contributed by atoms with Crippen LogP contribution in [0.2, 0.25) is 0 Å². The van der Waals surface area contributed by atoms with Crippen LogP contribution in [0, 0.1) is 17.0 Å². The lowest BCUT2D eigenvalue weighted by Gasteiger charge is -2.08. The van der Waals surface area contributed by atoms with E-state index in [0.29, 0.717) is 31.0 Å². The minimum Gasteiger partial charge on any atom is -0.379 e. The number of rotatable bonds is 8. The summed E-state index contributed by atoms with van der Waals surface area (Å²) in [5.41, 5.74) is 1.12. The molecule has 134 valence electrons. The van der Waals surface area contributed by atoms with E-state index in [1.807, 2.05) is 13.8 Å². The number of amides is 1. The summed E-state index contributed by atoms with van der Waals surface area (Å²) in [6.45, 7) is 6.63. The summed E-state index contributed by atoms with van der Waals surface area (Å²) in [5.74, 6) is -0.335. The molecule has 0 fully saturated rings. The van der Waals surface area contributed by atoms with E-state index in [2.05, 4.69) is 15.6 Å². The second-order valence-corrected chi connectivity index (χ2v) is 5.74. The summed E-state index contributed by atoms with van der Waals surface area (Å²) in [6.07, 6.45) is 0.856. The first-order chi connectivity index (χ1) is 11.9. The van der Waals surface area contributed by atoms with Gasteiger partial charge in [0.1, 0.15) is 0 Å². The third-order valence-corrected chi connectivity index (χ3v) is 3.45. The molecule has 0 saturated heterocycles. The van der Waals surface area contributed by atoms with Crippen molar-refractivity contribution in [2.24, 2.45) is 0 Å². The average Bonchev–Trinajstić information content (AvgIpc) is 2.95. The van der Waals surface area contributed by atoms with Gasteiger partial charge in [0.05, 0.1) is 22.4 Å². The van der Waals surface area contributed by atoms with E-state index in [1.165, 1.54) is 16.8 Å². The third kappa shape index (κ3) is 4.83. The number of nitro benzene ring substituents is 1. The summed E-state index contributed by atoms with van der Waals surface area (Å²) in [5, 5.41) is 21.5. The Hall–Kier alpha value is -2.81. The largest absolute Gasteiger partial charge is 0.379 e. The fourth-order valence-electron chi connectivity index (χ4n) is 2.20. The number of non-ortho nitro benzene ring substituents is 1. The normalized spacial score (nSPS) is 10.9. The van der Waals surface area contributed by atoms with Gasteiger partial charge in [-0.2, -0.15) is 0 Å². The van der Waals surface area contributed by atoms with Gasteiger partial charge in [0.2, 0.25) is 0 Å². The molecule has 1 aromatic carbocycles. The molecule has 0 spiro atoms. The van der Waals surface area contributed by atoms with Gasteiger partial charge in [-0.1, -0.05) is 11.3 Å². The average molecular weight is 347 g/mol. The molecule has 25 heavy (non-hydrogen) atoms. The second kappa shape index (κ2) is 8.34. The zero-order valence-corrected chi connectivity index (χ0v) is 14.4. The predicted molar refractivity (Wildman–Crippen MR) is 90.8 cm³/mol. The van der Waals surface area contributed by atoms with Gasteiger partial charge >= 0.3 is 0 Å². The smallest absolute Gasteiger partial charge is 0.273 e. The molecule has 0 radical (unpaired) electrons. The van der Waals surface area contributed by atoms with Crippen molar-refractivity contribution < 1.29 is 14.5 Å². The maximum atomic E-state index is 12.2. The van der Waals surface area contributed by atoms with Crippen LogP contribution >= 0.6 is 0 Å². The van der Waals surface area contributed by atoms with E-state index >= 15 is 0 Å². The van der Waals surface area contributed by atoms with Gasteiger partial charge in [-0.3, -0.25) is 14.9 Å². The Morgan fingerprint density at radius 2 is 2.20 bits per heavy atom. The first kappa shape index (κ1) is 18.5. The molecule has 1 amide bonds. The van der Waals surface area contributed by atoms with E-state index in [1.54, 1.807) is 19.1 Å². The Labute approximate surface area is 145 Å². The third-order valence-electron chi connectivity index (χ3n) is 3.45. The lowest BCUT2D eigenvalue weighted by Crippen LogP contribution is -2.26. The summed E-state index contributed by atoms with van der Waals surface area (Å²) in [7, 11) is 0. The standard InChI is InChI=1S/C16H21N5O4/c1-11(2)25-9-5-8-17-16(22)15-12(3)20(19-18-15)13-6-4-7-14(10-13)21(23)24/h4,6-7,10-11H,5,8-9H2,1-3H3,(H,17,22). The van der Waals surface area contributed by atoms with Gasteiger partial charge < -0.3 is 10.1 Å². The highest BCUT2D eigenvalue weighted by atomic mass is 16.6. The quantitative estimate of drug-likeness (QED) is 0.444. The van der Waals surface area contributed by atoms with E-state index in [9.17, 15) is 14.9 Å². The fourth-order valence-corrected chi connectivity index (χ4v) is 2.20. The maximum absolute atomic E-state index is 12.2. The number of carbonyl (C=O) groups excluding carboxylic acids is 1. The summed E-state index contributed by atoms with van der Waals surface area (Å²) >= 11 is 0. The zero-order valence-electron chi connectivity index (χ0n) is 14.4. The molecule has 0 aliphatic heterocycles. The minimum absolute atomic E-state index is 0.0523. The van der Waals surface area contributed by atoms with E-state index in [4.69, 9.17) is 4.74 Å². The number of ether oxygens (including phenoxy) is 1. The van der Waals surface area contributed by atoms with E-state index in [-0.39, 0.29) is 23.4 Å². The summed E-state index contributed by atoms with van der Waals surface area (Å²) in [6, 6.07) is 6.00. The molecule has 0 aliphatic rings. The van der Waals surface area contributed by atoms with Crippen molar-refractivity contribution in [3.63, 3.8) is 0 Å². The number of hydrogen-bond acceptors (Lipinski definition) is 6. The molecule has 0 atom stereocenters. The topological polar surface area (TPSA) is 112 Å². The van der Waals surface area contributed by atoms with Crippen LogP contribution in [-0.4, -0.2) is 45.1 Å². The van der Waals surface area contributed by atoms with Crippen molar-refractivity contribution in [2.45, 2.75) is 33.3 Å². The summed E-state index contributed by atoms with van der Waals surface area (Å²) < 4.78 is 6.81. The number of benzene rings is 1. The van der Waals surface area contributed by atoms with Gasteiger partial charge in [-0.25, -0.2) is 4.68 Å². The fraction of sp³-hybridized carbons (Fsp3) is 0.438. The van der Waals surface area contributed by atoms with Crippen LogP contribution in [0.25, 0.3) is 5.69 Å². The molecule has 0 aliphatic carbocycles. The van der Waals surface area contributed by atoms with Gasteiger partial charge in [0.25, 0.3) is 11.6 Å².